The van der Waals surface area contributed by atoms with Crippen LogP contribution in [0.2, 0.25) is 0 Å². The summed E-state index contributed by atoms with van der Waals surface area (Å²) >= 11 is 0. The standard InChI is InChI=1S/C10H15N2O7P/c13-8-3-4-12(10(14)11-8)9-2-1-7(19-9)5-18-6-20(15,16)17/h3-4,7,9H,1-2,5-6H2,(H,11,13,14)(H2,15,16,17)/t7-,9+/m0/s1. The Labute approximate surface area is 113 Å². The van der Waals surface area contributed by atoms with Crippen LogP contribution >= 0.6 is 7.60 Å². The quantitative estimate of drug-likeness (QED) is 0.617. The van der Waals surface area contributed by atoms with Crippen molar-refractivity contribution < 1.29 is 23.8 Å². The van der Waals surface area contributed by atoms with Crippen molar-refractivity contribution in [3.63, 3.8) is 0 Å². The molecule has 0 saturated carbocycles. The topological polar surface area (TPSA) is 131 Å². The molecule has 0 aliphatic carbocycles. The van der Waals surface area contributed by atoms with Gasteiger partial charge in [-0.05, 0) is 12.8 Å². The van der Waals surface area contributed by atoms with Crippen molar-refractivity contribution in [3.05, 3.63) is 33.1 Å². The van der Waals surface area contributed by atoms with E-state index >= 15 is 0 Å². The third-order valence-corrected chi connectivity index (χ3v) is 3.33. The molecule has 10 heteroatoms. The van der Waals surface area contributed by atoms with Crippen LogP contribution < -0.4 is 11.2 Å². The molecular weight excluding hydrogens is 291 g/mol. The maximum atomic E-state index is 11.6. The molecule has 20 heavy (non-hydrogen) atoms. The van der Waals surface area contributed by atoms with Gasteiger partial charge in [-0.2, -0.15) is 0 Å². The number of H-pyrrole nitrogens is 1. The highest BCUT2D eigenvalue weighted by molar-refractivity contribution is 7.51. The van der Waals surface area contributed by atoms with Crippen LogP contribution in [0, 0.1) is 0 Å². The average molecular weight is 306 g/mol. The van der Waals surface area contributed by atoms with Gasteiger partial charge in [-0.1, -0.05) is 0 Å². The average Bonchev–Trinajstić information content (AvgIpc) is 2.75. The second-order valence-corrected chi connectivity index (χ2v) is 6.06. The lowest BCUT2D eigenvalue weighted by atomic mass is 10.2. The normalized spacial score (nSPS) is 23.1. The van der Waals surface area contributed by atoms with Crippen molar-refractivity contribution in [2.75, 3.05) is 13.0 Å². The number of rotatable bonds is 5. The van der Waals surface area contributed by atoms with Crippen molar-refractivity contribution in [1.82, 2.24) is 9.55 Å². The zero-order valence-electron chi connectivity index (χ0n) is 10.5. The van der Waals surface area contributed by atoms with E-state index in [-0.39, 0.29) is 12.7 Å². The van der Waals surface area contributed by atoms with E-state index in [4.69, 9.17) is 19.3 Å². The van der Waals surface area contributed by atoms with Gasteiger partial charge in [0, 0.05) is 12.3 Å². The molecule has 0 radical (unpaired) electrons. The Hall–Kier alpha value is -1.25. The lowest BCUT2D eigenvalue weighted by Crippen LogP contribution is -2.31. The van der Waals surface area contributed by atoms with Crippen molar-refractivity contribution in [3.8, 4) is 0 Å². The molecule has 3 N–H and O–H groups in total. The van der Waals surface area contributed by atoms with Crippen LogP contribution in [-0.4, -0.2) is 38.4 Å². The molecule has 0 amide bonds. The number of hydrogen-bond acceptors (Lipinski definition) is 5. The monoisotopic (exact) mass is 306 g/mol. The van der Waals surface area contributed by atoms with Gasteiger partial charge in [0.15, 0.2) is 0 Å². The molecule has 0 bridgehead atoms. The first kappa shape index (κ1) is 15.1. The van der Waals surface area contributed by atoms with Gasteiger partial charge in [-0.25, -0.2) is 4.79 Å². The summed E-state index contributed by atoms with van der Waals surface area (Å²) in [4.78, 5) is 42.0. The van der Waals surface area contributed by atoms with Crippen LogP contribution in [0.15, 0.2) is 21.9 Å². The summed E-state index contributed by atoms with van der Waals surface area (Å²) in [6.07, 6.45) is 0.988. The summed E-state index contributed by atoms with van der Waals surface area (Å²) in [6, 6.07) is 1.22. The molecule has 1 saturated heterocycles. The molecule has 0 spiro atoms. The summed E-state index contributed by atoms with van der Waals surface area (Å²) in [5.74, 6) is 0. The Balaban J connectivity index is 1.90. The van der Waals surface area contributed by atoms with Gasteiger partial charge in [0.05, 0.1) is 12.7 Å². The molecule has 112 valence electrons. The first-order valence-corrected chi connectivity index (χ1v) is 7.74. The maximum Gasteiger partial charge on any atom is 0.350 e. The molecule has 1 aromatic heterocycles. The van der Waals surface area contributed by atoms with Gasteiger partial charge in [0.1, 0.15) is 12.6 Å². The molecule has 2 atom stereocenters. The Kier molecular flexibility index (Phi) is 4.56. The van der Waals surface area contributed by atoms with E-state index in [9.17, 15) is 14.2 Å². The number of nitrogens with zero attached hydrogens (tertiary/aromatic N) is 1. The molecule has 1 aliphatic rings. The summed E-state index contributed by atoms with van der Waals surface area (Å²) in [7, 11) is -4.18. The van der Waals surface area contributed by atoms with Crippen LogP contribution in [0.1, 0.15) is 19.1 Å². The molecule has 1 fully saturated rings. The highest BCUT2D eigenvalue weighted by Gasteiger charge is 2.28. The number of ether oxygens (including phenoxy) is 2. The Morgan fingerprint density at radius 2 is 2.20 bits per heavy atom. The second-order valence-electron chi connectivity index (χ2n) is 4.47. The highest BCUT2D eigenvalue weighted by Crippen LogP contribution is 2.34. The highest BCUT2D eigenvalue weighted by atomic mass is 31.2. The molecule has 2 heterocycles. The number of hydrogen-bond donors (Lipinski definition) is 3. The van der Waals surface area contributed by atoms with Crippen molar-refractivity contribution in [2.45, 2.75) is 25.2 Å². The zero-order valence-corrected chi connectivity index (χ0v) is 11.4. The van der Waals surface area contributed by atoms with E-state index in [1.54, 1.807) is 0 Å². The first-order valence-electron chi connectivity index (χ1n) is 5.94. The van der Waals surface area contributed by atoms with E-state index in [0.717, 1.165) is 0 Å². The maximum absolute atomic E-state index is 11.6. The second kappa shape index (κ2) is 6.02. The lowest BCUT2D eigenvalue weighted by Gasteiger charge is -2.15. The Bertz CT molecular complexity index is 619. The lowest BCUT2D eigenvalue weighted by molar-refractivity contribution is -0.0377. The molecule has 0 unspecified atom stereocenters. The minimum absolute atomic E-state index is 0.0414. The molecule has 2 rings (SSSR count). The molecule has 9 nitrogen and oxygen atoms in total. The van der Waals surface area contributed by atoms with Crippen LogP contribution in [0.5, 0.6) is 0 Å². The third kappa shape index (κ3) is 4.12. The van der Waals surface area contributed by atoms with Crippen LogP contribution in [0.25, 0.3) is 0 Å². The fourth-order valence-corrected chi connectivity index (χ4v) is 2.31. The van der Waals surface area contributed by atoms with Gasteiger partial charge in [0.2, 0.25) is 0 Å². The van der Waals surface area contributed by atoms with E-state index in [0.29, 0.717) is 12.8 Å². The van der Waals surface area contributed by atoms with Crippen molar-refractivity contribution in [1.29, 1.82) is 0 Å². The van der Waals surface area contributed by atoms with E-state index < -0.39 is 31.4 Å². The van der Waals surface area contributed by atoms with Crippen molar-refractivity contribution >= 4 is 7.60 Å². The van der Waals surface area contributed by atoms with Gasteiger partial charge in [0.25, 0.3) is 5.56 Å². The Morgan fingerprint density at radius 3 is 2.85 bits per heavy atom. The molecule has 1 aromatic rings. The summed E-state index contributed by atoms with van der Waals surface area (Å²) < 4.78 is 22.3. The fourth-order valence-electron chi connectivity index (χ4n) is 1.97. The smallest absolute Gasteiger partial charge is 0.350 e. The zero-order chi connectivity index (χ0) is 14.8. The summed E-state index contributed by atoms with van der Waals surface area (Å²) in [6.45, 7) is 0.0414. The predicted molar refractivity (Wildman–Crippen MR) is 67.3 cm³/mol. The minimum Gasteiger partial charge on any atom is -0.366 e. The number of aromatic amines is 1. The number of nitrogens with one attached hydrogen (secondary N) is 1. The largest absolute Gasteiger partial charge is 0.366 e. The summed E-state index contributed by atoms with van der Waals surface area (Å²) in [5.41, 5.74) is -1.04. The van der Waals surface area contributed by atoms with Gasteiger partial charge in [-0.3, -0.25) is 18.9 Å². The molecular formula is C10H15N2O7P. The predicted octanol–water partition coefficient (Wildman–Crippen LogP) is -0.634. The summed E-state index contributed by atoms with van der Waals surface area (Å²) in [5, 5.41) is 0. The SMILES string of the molecule is O=c1ccn([C@H]2CC[C@@H](COCP(=O)(O)O)O2)c(=O)[nH]1. The fraction of sp³-hybridized carbons (Fsp3) is 0.600. The van der Waals surface area contributed by atoms with E-state index in [1.807, 2.05) is 0 Å². The van der Waals surface area contributed by atoms with Crippen LogP contribution in [0.3, 0.4) is 0 Å². The minimum atomic E-state index is -4.18. The van der Waals surface area contributed by atoms with E-state index in [1.165, 1.54) is 16.8 Å². The van der Waals surface area contributed by atoms with Gasteiger partial charge >= 0.3 is 13.3 Å². The van der Waals surface area contributed by atoms with Crippen LogP contribution in [-0.2, 0) is 14.0 Å². The van der Waals surface area contributed by atoms with Crippen LogP contribution in [0.4, 0.5) is 0 Å². The van der Waals surface area contributed by atoms with Gasteiger partial charge in [-0.15, -0.1) is 0 Å². The Morgan fingerprint density at radius 1 is 1.45 bits per heavy atom. The third-order valence-electron chi connectivity index (χ3n) is 2.81. The molecule has 0 aromatic carbocycles. The number of aromatic nitrogens is 2. The van der Waals surface area contributed by atoms with E-state index in [2.05, 4.69) is 4.98 Å². The van der Waals surface area contributed by atoms with Crippen molar-refractivity contribution in [2.24, 2.45) is 0 Å². The van der Waals surface area contributed by atoms with Gasteiger partial charge < -0.3 is 19.3 Å². The first-order chi connectivity index (χ1) is 9.35. The molecule has 1 aliphatic heterocycles.